The molecule has 4 heteroatoms. The van der Waals surface area contributed by atoms with Crippen molar-refractivity contribution in [3.63, 3.8) is 0 Å². The number of carbonyl (C=O) groups excluding carboxylic acids is 1. The molecule has 2 rings (SSSR count). The maximum absolute atomic E-state index is 11.8. The van der Waals surface area contributed by atoms with Crippen molar-refractivity contribution in [2.45, 2.75) is 25.0 Å². The summed E-state index contributed by atoms with van der Waals surface area (Å²) in [6.45, 7) is 2.14. The van der Waals surface area contributed by atoms with Crippen molar-refractivity contribution >= 4 is 23.5 Å². The van der Waals surface area contributed by atoms with Gasteiger partial charge in [-0.15, -0.1) is 11.8 Å². The number of carbonyl (C=O) groups is 1. The van der Waals surface area contributed by atoms with E-state index in [1.54, 1.807) is 24.0 Å². The first-order chi connectivity index (χ1) is 7.79. The molecule has 0 saturated carbocycles. The van der Waals surface area contributed by atoms with E-state index in [1.807, 2.05) is 18.2 Å². The molecule has 16 heavy (non-hydrogen) atoms. The summed E-state index contributed by atoms with van der Waals surface area (Å²) in [5, 5.41) is 3.35. The van der Waals surface area contributed by atoms with Crippen molar-refractivity contribution in [2.24, 2.45) is 0 Å². The van der Waals surface area contributed by atoms with Gasteiger partial charge in [0.1, 0.15) is 5.82 Å². The first-order valence-corrected chi connectivity index (χ1v) is 6.26. The number of pyridine rings is 1. The molecular weight excluding hydrogens is 220 g/mol. The summed E-state index contributed by atoms with van der Waals surface area (Å²) in [4.78, 5) is 16.7. The average molecular weight is 234 g/mol. The Bertz CT molecular complexity index is 403. The zero-order chi connectivity index (χ0) is 11.4. The molecule has 1 aromatic heterocycles. The van der Waals surface area contributed by atoms with E-state index in [0.717, 1.165) is 17.7 Å². The van der Waals surface area contributed by atoms with E-state index < -0.39 is 0 Å². The summed E-state index contributed by atoms with van der Waals surface area (Å²) in [5.41, 5.74) is 0. The van der Waals surface area contributed by atoms with E-state index in [9.17, 15) is 4.79 Å². The fraction of sp³-hybridized carbons (Fsp3) is 0.333. The van der Waals surface area contributed by atoms with E-state index in [4.69, 9.17) is 0 Å². The Kier molecular flexibility index (Phi) is 3.62. The zero-order valence-electron chi connectivity index (χ0n) is 9.14. The second-order valence-electron chi connectivity index (χ2n) is 3.62. The molecule has 1 aromatic rings. The molecule has 0 saturated heterocycles. The van der Waals surface area contributed by atoms with Crippen LogP contribution in [0.5, 0.6) is 0 Å². The highest BCUT2D eigenvalue weighted by Crippen LogP contribution is 2.34. The second-order valence-corrected chi connectivity index (χ2v) is 4.96. The summed E-state index contributed by atoms with van der Waals surface area (Å²) in [6, 6.07) is 5.47. The normalized spacial score (nSPS) is 19.3. The molecule has 2 heterocycles. The lowest BCUT2D eigenvalue weighted by molar-refractivity contribution is -0.112. The molecule has 0 radical (unpaired) electrons. The maximum atomic E-state index is 11.8. The molecule has 1 amide bonds. The minimum absolute atomic E-state index is 0.0420. The van der Waals surface area contributed by atoms with Crippen LogP contribution >= 0.6 is 11.8 Å². The van der Waals surface area contributed by atoms with Crippen LogP contribution < -0.4 is 5.32 Å². The van der Waals surface area contributed by atoms with Crippen LogP contribution in [-0.4, -0.2) is 16.1 Å². The summed E-state index contributed by atoms with van der Waals surface area (Å²) >= 11 is 1.66. The lowest BCUT2D eigenvalue weighted by Crippen LogP contribution is -2.13. The molecule has 0 aromatic carbocycles. The number of hydrogen-bond acceptors (Lipinski definition) is 3. The highest BCUT2D eigenvalue weighted by molar-refractivity contribution is 8.04. The van der Waals surface area contributed by atoms with Crippen LogP contribution in [0.4, 0.5) is 5.82 Å². The molecule has 1 atom stereocenters. The lowest BCUT2D eigenvalue weighted by Gasteiger charge is -2.06. The van der Waals surface area contributed by atoms with Gasteiger partial charge in [-0.1, -0.05) is 19.1 Å². The van der Waals surface area contributed by atoms with Crippen LogP contribution in [0.3, 0.4) is 0 Å². The maximum Gasteiger partial charge on any atom is 0.262 e. The lowest BCUT2D eigenvalue weighted by atomic mass is 10.2. The van der Waals surface area contributed by atoms with Crippen LogP contribution in [0.15, 0.2) is 35.4 Å². The number of thioether (sulfide) groups is 1. The Morgan fingerprint density at radius 2 is 2.50 bits per heavy atom. The third kappa shape index (κ3) is 2.64. The third-order valence-corrected chi connectivity index (χ3v) is 3.91. The van der Waals surface area contributed by atoms with E-state index in [-0.39, 0.29) is 5.91 Å². The zero-order valence-corrected chi connectivity index (χ0v) is 9.96. The smallest absolute Gasteiger partial charge is 0.262 e. The summed E-state index contributed by atoms with van der Waals surface area (Å²) in [7, 11) is 0. The minimum Gasteiger partial charge on any atom is -0.306 e. The number of hydrogen-bond donors (Lipinski definition) is 1. The van der Waals surface area contributed by atoms with Gasteiger partial charge < -0.3 is 5.32 Å². The quantitative estimate of drug-likeness (QED) is 0.874. The number of nitrogens with one attached hydrogen (secondary N) is 1. The fourth-order valence-corrected chi connectivity index (χ4v) is 2.59. The van der Waals surface area contributed by atoms with Crippen molar-refractivity contribution in [1.29, 1.82) is 0 Å². The number of anilines is 1. The number of aromatic nitrogens is 1. The van der Waals surface area contributed by atoms with Crippen LogP contribution in [-0.2, 0) is 4.79 Å². The van der Waals surface area contributed by atoms with Gasteiger partial charge in [-0.2, -0.15) is 0 Å². The third-order valence-electron chi connectivity index (χ3n) is 2.45. The Labute approximate surface area is 99.3 Å². The SMILES string of the molecule is CCC1CC=C(C(=O)Nc2ccccn2)S1. The Balaban J connectivity index is 1.95. The topological polar surface area (TPSA) is 42.0 Å². The molecule has 1 aliphatic rings. The van der Waals surface area contributed by atoms with Gasteiger partial charge in [-0.25, -0.2) is 4.98 Å². The molecule has 84 valence electrons. The minimum atomic E-state index is -0.0420. The predicted octanol–water partition coefficient (Wildman–Crippen LogP) is 2.82. The van der Waals surface area contributed by atoms with Crippen LogP contribution in [0.2, 0.25) is 0 Å². The number of nitrogens with zero attached hydrogens (tertiary/aromatic N) is 1. The molecule has 0 aliphatic carbocycles. The first-order valence-electron chi connectivity index (χ1n) is 5.38. The van der Waals surface area contributed by atoms with Gasteiger partial charge in [0.2, 0.25) is 0 Å². The highest BCUT2D eigenvalue weighted by atomic mass is 32.2. The van der Waals surface area contributed by atoms with E-state index in [2.05, 4.69) is 17.2 Å². The molecule has 0 spiro atoms. The average Bonchev–Trinajstić information content (AvgIpc) is 2.79. The number of rotatable bonds is 3. The predicted molar refractivity (Wildman–Crippen MR) is 67.2 cm³/mol. The van der Waals surface area contributed by atoms with Crippen LogP contribution in [0.1, 0.15) is 19.8 Å². The summed E-state index contributed by atoms with van der Waals surface area (Å²) in [5.74, 6) is 0.564. The number of allylic oxidation sites excluding steroid dienone is 1. The van der Waals surface area contributed by atoms with Gasteiger partial charge in [0.25, 0.3) is 5.91 Å². The Hall–Kier alpha value is -1.29. The van der Waals surface area contributed by atoms with E-state index in [0.29, 0.717) is 11.1 Å². The Morgan fingerprint density at radius 3 is 3.12 bits per heavy atom. The van der Waals surface area contributed by atoms with Crippen LogP contribution in [0.25, 0.3) is 0 Å². The molecule has 3 nitrogen and oxygen atoms in total. The molecule has 1 aliphatic heterocycles. The van der Waals surface area contributed by atoms with Crippen molar-refractivity contribution in [3.05, 3.63) is 35.4 Å². The van der Waals surface area contributed by atoms with Crippen molar-refractivity contribution in [1.82, 2.24) is 4.98 Å². The van der Waals surface area contributed by atoms with Gasteiger partial charge in [0.05, 0.1) is 4.91 Å². The van der Waals surface area contributed by atoms with Gasteiger partial charge >= 0.3 is 0 Å². The first kappa shape index (κ1) is 11.2. The molecular formula is C12H14N2OS. The van der Waals surface area contributed by atoms with Crippen LogP contribution in [0, 0.1) is 0 Å². The second kappa shape index (κ2) is 5.16. The highest BCUT2D eigenvalue weighted by Gasteiger charge is 2.21. The number of amides is 1. The molecule has 1 unspecified atom stereocenters. The van der Waals surface area contributed by atoms with E-state index >= 15 is 0 Å². The molecule has 0 fully saturated rings. The summed E-state index contributed by atoms with van der Waals surface area (Å²) < 4.78 is 0. The monoisotopic (exact) mass is 234 g/mol. The Morgan fingerprint density at radius 1 is 1.62 bits per heavy atom. The van der Waals surface area contributed by atoms with E-state index in [1.165, 1.54) is 0 Å². The summed E-state index contributed by atoms with van der Waals surface area (Å²) in [6.07, 6.45) is 5.77. The van der Waals surface area contributed by atoms with Gasteiger partial charge in [0.15, 0.2) is 0 Å². The van der Waals surface area contributed by atoms with Crippen molar-refractivity contribution in [2.75, 3.05) is 5.32 Å². The largest absolute Gasteiger partial charge is 0.306 e. The molecule has 1 N–H and O–H groups in total. The van der Waals surface area contributed by atoms with Gasteiger partial charge in [-0.3, -0.25) is 4.79 Å². The fourth-order valence-electron chi connectivity index (χ4n) is 1.53. The standard InChI is InChI=1S/C12H14N2OS/c1-2-9-6-7-10(16-9)12(15)14-11-5-3-4-8-13-11/h3-5,7-9H,2,6H2,1H3,(H,13,14,15). The molecule has 0 bridgehead atoms. The van der Waals surface area contributed by atoms with Gasteiger partial charge in [-0.05, 0) is 25.0 Å². The van der Waals surface area contributed by atoms with Crippen molar-refractivity contribution < 1.29 is 4.79 Å². The van der Waals surface area contributed by atoms with Crippen molar-refractivity contribution in [3.8, 4) is 0 Å². The van der Waals surface area contributed by atoms with Gasteiger partial charge in [0, 0.05) is 11.4 Å².